The minimum atomic E-state index is -0.436. The predicted molar refractivity (Wildman–Crippen MR) is 101 cm³/mol. The van der Waals surface area contributed by atoms with Gasteiger partial charge in [0, 0.05) is 6.54 Å². The Balaban J connectivity index is 1.70. The number of nitrogens with one attached hydrogen (secondary N) is 1. The van der Waals surface area contributed by atoms with E-state index in [1.165, 1.54) is 11.6 Å². The minimum Gasteiger partial charge on any atom is -0.313 e. The number of halogens is 1. The van der Waals surface area contributed by atoms with Gasteiger partial charge in [-0.1, -0.05) is 66.7 Å². The maximum atomic E-state index is 13.9. The molecule has 0 aliphatic carbocycles. The van der Waals surface area contributed by atoms with Crippen molar-refractivity contribution in [1.82, 2.24) is 4.90 Å². The van der Waals surface area contributed by atoms with Gasteiger partial charge >= 0.3 is 6.03 Å². The van der Waals surface area contributed by atoms with E-state index in [0.717, 1.165) is 17.5 Å². The number of urea groups is 1. The second kappa shape index (κ2) is 7.00. The third kappa shape index (κ3) is 3.06. The second-order valence-electron chi connectivity index (χ2n) is 6.37. The number of hydrogen-bond donors (Lipinski definition) is 1. The van der Waals surface area contributed by atoms with Crippen molar-refractivity contribution < 1.29 is 9.18 Å². The highest BCUT2D eigenvalue weighted by atomic mass is 19.1. The largest absolute Gasteiger partial charge is 0.322 e. The highest BCUT2D eigenvalue weighted by molar-refractivity contribution is 5.90. The summed E-state index contributed by atoms with van der Waals surface area (Å²) in [5.74, 6) is -0.436. The SMILES string of the molecule is O=C(Nc1ccccc1F)N1CCc2ccccc2[C@@H]1c1ccccc1. The molecular weight excluding hydrogens is 327 g/mol. The number of carbonyl (C=O) groups excluding carboxylic acids is 1. The van der Waals surface area contributed by atoms with E-state index in [1.807, 2.05) is 42.5 Å². The lowest BCUT2D eigenvalue weighted by Crippen LogP contribution is -2.43. The molecule has 3 aromatic carbocycles. The molecule has 0 saturated heterocycles. The third-order valence-electron chi connectivity index (χ3n) is 4.78. The number of benzene rings is 3. The Hall–Kier alpha value is -3.14. The standard InChI is InChI=1S/C22H19FN2O/c23-19-12-6-7-13-20(19)24-22(26)25-15-14-16-8-4-5-11-18(16)21(25)17-9-2-1-3-10-17/h1-13,21H,14-15H2,(H,24,26)/t21-/m0/s1. The summed E-state index contributed by atoms with van der Waals surface area (Å²) in [5, 5.41) is 2.72. The molecule has 3 nitrogen and oxygen atoms in total. The zero-order chi connectivity index (χ0) is 17.9. The van der Waals surface area contributed by atoms with Crippen LogP contribution in [0, 0.1) is 5.82 Å². The van der Waals surface area contributed by atoms with Crippen LogP contribution in [0.4, 0.5) is 14.9 Å². The molecule has 130 valence electrons. The summed E-state index contributed by atoms with van der Waals surface area (Å²) in [6.45, 7) is 0.580. The van der Waals surface area contributed by atoms with Crippen molar-refractivity contribution in [3.8, 4) is 0 Å². The molecule has 2 amide bonds. The third-order valence-corrected chi connectivity index (χ3v) is 4.78. The Morgan fingerprint density at radius 2 is 1.62 bits per heavy atom. The molecule has 0 saturated carbocycles. The molecular formula is C22H19FN2O. The van der Waals surface area contributed by atoms with Crippen molar-refractivity contribution >= 4 is 11.7 Å². The van der Waals surface area contributed by atoms with Crippen molar-refractivity contribution in [1.29, 1.82) is 0 Å². The number of nitrogens with zero attached hydrogens (tertiary/aromatic N) is 1. The summed E-state index contributed by atoms with van der Waals surface area (Å²) >= 11 is 0. The zero-order valence-corrected chi connectivity index (χ0v) is 14.2. The average molecular weight is 346 g/mol. The van der Waals surface area contributed by atoms with Gasteiger partial charge in [-0.05, 0) is 35.2 Å². The monoisotopic (exact) mass is 346 g/mol. The summed E-state index contributed by atoms with van der Waals surface area (Å²) < 4.78 is 13.9. The topological polar surface area (TPSA) is 32.3 Å². The lowest BCUT2D eigenvalue weighted by Gasteiger charge is -2.37. The number of fused-ring (bicyclic) bond motifs is 1. The van der Waals surface area contributed by atoms with Crippen LogP contribution in [0.1, 0.15) is 22.7 Å². The fraction of sp³-hybridized carbons (Fsp3) is 0.136. The number of anilines is 1. The fourth-order valence-corrected chi connectivity index (χ4v) is 3.53. The fourth-order valence-electron chi connectivity index (χ4n) is 3.53. The molecule has 0 fully saturated rings. The van der Waals surface area contributed by atoms with Crippen LogP contribution in [-0.2, 0) is 6.42 Å². The Morgan fingerprint density at radius 3 is 2.42 bits per heavy atom. The van der Waals surface area contributed by atoms with E-state index in [1.54, 1.807) is 23.1 Å². The van der Waals surface area contributed by atoms with Crippen LogP contribution in [0.3, 0.4) is 0 Å². The summed E-state index contributed by atoms with van der Waals surface area (Å²) in [6.07, 6.45) is 0.782. The van der Waals surface area contributed by atoms with Crippen molar-refractivity contribution in [3.63, 3.8) is 0 Å². The molecule has 1 aliphatic rings. The van der Waals surface area contributed by atoms with E-state index in [4.69, 9.17) is 0 Å². The number of hydrogen-bond acceptors (Lipinski definition) is 1. The minimum absolute atomic E-state index is 0.187. The van der Waals surface area contributed by atoms with Gasteiger partial charge in [0.1, 0.15) is 5.82 Å². The number of amides is 2. The number of rotatable bonds is 2. The normalized spacial score (nSPS) is 16.0. The molecule has 0 unspecified atom stereocenters. The first-order valence-electron chi connectivity index (χ1n) is 8.69. The highest BCUT2D eigenvalue weighted by Gasteiger charge is 2.32. The van der Waals surface area contributed by atoms with Gasteiger partial charge in [-0.2, -0.15) is 0 Å². The molecule has 4 heteroatoms. The molecule has 0 radical (unpaired) electrons. The van der Waals surface area contributed by atoms with E-state index < -0.39 is 5.82 Å². The zero-order valence-electron chi connectivity index (χ0n) is 14.2. The van der Waals surface area contributed by atoms with Crippen LogP contribution in [0.2, 0.25) is 0 Å². The van der Waals surface area contributed by atoms with Gasteiger partial charge < -0.3 is 10.2 Å². The van der Waals surface area contributed by atoms with Gasteiger partial charge in [-0.3, -0.25) is 0 Å². The van der Waals surface area contributed by atoms with Crippen LogP contribution in [-0.4, -0.2) is 17.5 Å². The predicted octanol–water partition coefficient (Wildman–Crippen LogP) is 5.01. The molecule has 4 rings (SSSR count). The maximum absolute atomic E-state index is 13.9. The van der Waals surface area contributed by atoms with Gasteiger partial charge in [0.05, 0.1) is 11.7 Å². The first kappa shape index (κ1) is 16.3. The van der Waals surface area contributed by atoms with Gasteiger partial charge in [-0.15, -0.1) is 0 Å². The number of para-hydroxylation sites is 1. The molecule has 26 heavy (non-hydrogen) atoms. The van der Waals surface area contributed by atoms with Crippen LogP contribution in [0.15, 0.2) is 78.9 Å². The molecule has 3 aromatic rings. The Bertz CT molecular complexity index is 926. The van der Waals surface area contributed by atoms with Crippen LogP contribution in [0.25, 0.3) is 0 Å². The van der Waals surface area contributed by atoms with Crippen LogP contribution < -0.4 is 5.32 Å². The van der Waals surface area contributed by atoms with Gasteiger partial charge in [0.15, 0.2) is 0 Å². The Labute approximate surface area is 152 Å². The lowest BCUT2D eigenvalue weighted by atomic mass is 9.88. The summed E-state index contributed by atoms with van der Waals surface area (Å²) in [6, 6.07) is 23.9. The number of carbonyl (C=O) groups is 1. The van der Waals surface area contributed by atoms with E-state index >= 15 is 0 Å². The summed E-state index contributed by atoms with van der Waals surface area (Å²) in [7, 11) is 0. The summed E-state index contributed by atoms with van der Waals surface area (Å²) in [4.78, 5) is 14.7. The lowest BCUT2D eigenvalue weighted by molar-refractivity contribution is 0.194. The summed E-state index contributed by atoms with van der Waals surface area (Å²) in [5.41, 5.74) is 3.61. The van der Waals surface area contributed by atoms with Crippen molar-refractivity contribution in [2.75, 3.05) is 11.9 Å². The maximum Gasteiger partial charge on any atom is 0.322 e. The quantitative estimate of drug-likeness (QED) is 0.695. The Kier molecular flexibility index (Phi) is 4.40. The van der Waals surface area contributed by atoms with Crippen molar-refractivity contribution in [3.05, 3.63) is 101 Å². The molecule has 0 aromatic heterocycles. The van der Waals surface area contributed by atoms with E-state index in [0.29, 0.717) is 6.54 Å². The van der Waals surface area contributed by atoms with Gasteiger partial charge in [0.25, 0.3) is 0 Å². The Morgan fingerprint density at radius 1 is 0.923 bits per heavy atom. The molecule has 1 atom stereocenters. The first-order chi connectivity index (χ1) is 12.7. The van der Waals surface area contributed by atoms with Gasteiger partial charge in [0.2, 0.25) is 0 Å². The first-order valence-corrected chi connectivity index (χ1v) is 8.69. The van der Waals surface area contributed by atoms with Crippen molar-refractivity contribution in [2.24, 2.45) is 0 Å². The highest BCUT2D eigenvalue weighted by Crippen LogP contribution is 2.35. The molecule has 0 bridgehead atoms. The van der Waals surface area contributed by atoms with Crippen LogP contribution >= 0.6 is 0 Å². The molecule has 1 heterocycles. The molecule has 0 spiro atoms. The van der Waals surface area contributed by atoms with Gasteiger partial charge in [-0.25, -0.2) is 9.18 Å². The van der Waals surface area contributed by atoms with E-state index in [9.17, 15) is 9.18 Å². The van der Waals surface area contributed by atoms with Crippen molar-refractivity contribution in [2.45, 2.75) is 12.5 Å². The average Bonchev–Trinajstić information content (AvgIpc) is 2.69. The van der Waals surface area contributed by atoms with Crippen LogP contribution in [0.5, 0.6) is 0 Å². The smallest absolute Gasteiger partial charge is 0.313 e. The molecule has 1 N–H and O–H groups in total. The second-order valence-corrected chi connectivity index (χ2v) is 6.37. The van der Waals surface area contributed by atoms with E-state index in [-0.39, 0.29) is 17.8 Å². The molecule has 1 aliphatic heterocycles. The van der Waals surface area contributed by atoms with E-state index in [2.05, 4.69) is 17.4 Å².